The van der Waals surface area contributed by atoms with E-state index in [1.54, 1.807) is 25.7 Å². The molecule has 0 heterocycles. The van der Waals surface area contributed by atoms with Crippen molar-refractivity contribution in [1.82, 2.24) is 15.5 Å². The van der Waals surface area contributed by atoms with Gasteiger partial charge in [-0.15, -0.1) is 0 Å². The molecule has 0 radical (unpaired) electrons. The van der Waals surface area contributed by atoms with Crippen molar-refractivity contribution in [2.24, 2.45) is 0 Å². The summed E-state index contributed by atoms with van der Waals surface area (Å²) in [6.07, 6.45) is 1.12. The number of aryl methyl sites for hydroxylation is 1. The molecule has 0 aliphatic heterocycles. The number of benzene rings is 2. The first-order valence-corrected chi connectivity index (χ1v) is 13.2. The van der Waals surface area contributed by atoms with Crippen molar-refractivity contribution in [3.8, 4) is 0 Å². The lowest BCUT2D eigenvalue weighted by Crippen LogP contribution is -2.54. The number of carbonyl (C=O) groups is 3. The molecule has 0 aliphatic rings. The highest BCUT2D eigenvalue weighted by atomic mass is 16.6. The van der Waals surface area contributed by atoms with Crippen LogP contribution in [0.5, 0.6) is 0 Å². The zero-order valence-electron chi connectivity index (χ0n) is 23.3. The molecular weight excluding hydrogens is 466 g/mol. The molecule has 2 atom stereocenters. The molecule has 202 valence electrons. The number of carbonyl (C=O) groups excluding carboxylic acids is 3. The largest absolute Gasteiger partial charge is 0.444 e. The van der Waals surface area contributed by atoms with E-state index in [0.29, 0.717) is 13.0 Å². The molecule has 0 aromatic heterocycles. The molecule has 0 bridgehead atoms. The van der Waals surface area contributed by atoms with Gasteiger partial charge in [0.1, 0.15) is 17.7 Å². The summed E-state index contributed by atoms with van der Waals surface area (Å²) in [4.78, 5) is 42.0. The Labute approximate surface area is 222 Å². The SMILES string of the molecule is CCCN(C(=O)C(Cc1ccccc1)NC(=O)OC(C)(C)C)C(C(=O)NC(C)C)c1ccc(CC)cc1. The average Bonchev–Trinajstić information content (AvgIpc) is 2.82. The van der Waals surface area contributed by atoms with E-state index in [1.165, 1.54) is 0 Å². The lowest BCUT2D eigenvalue weighted by atomic mass is 9.98. The maximum atomic E-state index is 14.1. The maximum absolute atomic E-state index is 14.1. The van der Waals surface area contributed by atoms with Gasteiger partial charge in [0.15, 0.2) is 0 Å². The summed E-state index contributed by atoms with van der Waals surface area (Å²) in [6.45, 7) is 13.5. The summed E-state index contributed by atoms with van der Waals surface area (Å²) < 4.78 is 5.47. The number of alkyl carbamates (subject to hydrolysis) is 1. The van der Waals surface area contributed by atoms with Gasteiger partial charge in [0, 0.05) is 19.0 Å². The Morgan fingerprint density at radius 2 is 1.51 bits per heavy atom. The van der Waals surface area contributed by atoms with Gasteiger partial charge in [-0.25, -0.2) is 4.79 Å². The van der Waals surface area contributed by atoms with Gasteiger partial charge in [0.25, 0.3) is 0 Å². The van der Waals surface area contributed by atoms with Crippen LogP contribution in [0.2, 0.25) is 0 Å². The Morgan fingerprint density at radius 1 is 0.892 bits per heavy atom. The van der Waals surface area contributed by atoms with Gasteiger partial charge in [-0.3, -0.25) is 9.59 Å². The molecule has 2 unspecified atom stereocenters. The molecule has 2 rings (SSSR count). The molecule has 7 heteroatoms. The van der Waals surface area contributed by atoms with E-state index >= 15 is 0 Å². The molecular formula is C30H43N3O4. The number of hydrogen-bond acceptors (Lipinski definition) is 4. The van der Waals surface area contributed by atoms with Gasteiger partial charge in [0.05, 0.1) is 0 Å². The molecule has 0 aliphatic carbocycles. The minimum absolute atomic E-state index is 0.0940. The molecule has 0 fully saturated rings. The van der Waals surface area contributed by atoms with E-state index < -0.39 is 23.8 Å². The van der Waals surface area contributed by atoms with Crippen molar-refractivity contribution in [2.45, 2.75) is 91.5 Å². The fourth-order valence-electron chi connectivity index (χ4n) is 4.08. The Balaban J connectivity index is 2.50. The average molecular weight is 510 g/mol. The van der Waals surface area contributed by atoms with Crippen LogP contribution in [0.1, 0.15) is 77.6 Å². The van der Waals surface area contributed by atoms with Crippen molar-refractivity contribution in [1.29, 1.82) is 0 Å². The summed E-state index contributed by atoms with van der Waals surface area (Å²) in [5.74, 6) is -0.586. The Morgan fingerprint density at radius 3 is 2.03 bits per heavy atom. The van der Waals surface area contributed by atoms with Crippen LogP contribution >= 0.6 is 0 Å². The van der Waals surface area contributed by atoms with Crippen LogP contribution in [0.15, 0.2) is 54.6 Å². The number of nitrogens with zero attached hydrogens (tertiary/aromatic N) is 1. The second-order valence-electron chi connectivity index (χ2n) is 10.6. The van der Waals surface area contributed by atoms with Crippen molar-refractivity contribution in [3.63, 3.8) is 0 Å². The number of hydrogen-bond donors (Lipinski definition) is 2. The fourth-order valence-corrected chi connectivity index (χ4v) is 4.08. The van der Waals surface area contributed by atoms with Crippen LogP contribution < -0.4 is 10.6 Å². The van der Waals surface area contributed by atoms with Crippen LogP contribution in [0, 0.1) is 0 Å². The summed E-state index contributed by atoms with van der Waals surface area (Å²) in [6, 6.07) is 15.5. The molecule has 3 amide bonds. The van der Waals surface area contributed by atoms with Gasteiger partial charge in [-0.05, 0) is 64.2 Å². The number of rotatable bonds is 11. The van der Waals surface area contributed by atoms with Crippen molar-refractivity contribution < 1.29 is 19.1 Å². The normalized spacial score (nSPS) is 13.0. The second-order valence-corrected chi connectivity index (χ2v) is 10.6. The van der Waals surface area contributed by atoms with Gasteiger partial charge in [-0.1, -0.05) is 68.4 Å². The van der Waals surface area contributed by atoms with Crippen molar-refractivity contribution in [3.05, 3.63) is 71.3 Å². The third kappa shape index (κ3) is 9.56. The summed E-state index contributed by atoms with van der Waals surface area (Å²) >= 11 is 0. The van der Waals surface area contributed by atoms with E-state index in [2.05, 4.69) is 17.6 Å². The van der Waals surface area contributed by atoms with Crippen molar-refractivity contribution in [2.75, 3.05) is 6.54 Å². The standard InChI is InChI=1S/C30H43N3O4/c1-8-19-33(26(27(34)31-21(3)4)24-17-15-22(9-2)16-18-24)28(35)25(20-23-13-11-10-12-14-23)32-29(36)37-30(5,6)7/h10-18,21,25-26H,8-9,19-20H2,1-7H3,(H,31,34)(H,32,36). The number of amides is 3. The monoisotopic (exact) mass is 509 g/mol. The quantitative estimate of drug-likeness (QED) is 0.436. The lowest BCUT2D eigenvalue weighted by Gasteiger charge is -2.35. The van der Waals surface area contributed by atoms with Crippen LogP contribution in [0.3, 0.4) is 0 Å². The summed E-state index contributed by atoms with van der Waals surface area (Å²) in [7, 11) is 0. The van der Waals surface area contributed by atoms with Crippen LogP contribution in [0.25, 0.3) is 0 Å². The van der Waals surface area contributed by atoms with E-state index in [9.17, 15) is 14.4 Å². The topological polar surface area (TPSA) is 87.7 Å². The highest BCUT2D eigenvalue weighted by Gasteiger charge is 2.36. The Kier molecular flexibility index (Phi) is 11.2. The minimum atomic E-state index is -0.909. The van der Waals surface area contributed by atoms with E-state index in [4.69, 9.17) is 4.74 Å². The third-order valence-electron chi connectivity index (χ3n) is 5.71. The molecule has 2 N–H and O–H groups in total. The zero-order chi connectivity index (χ0) is 27.6. The summed E-state index contributed by atoms with van der Waals surface area (Å²) in [5, 5.41) is 5.76. The molecule has 0 spiro atoms. The minimum Gasteiger partial charge on any atom is -0.444 e. The van der Waals surface area contributed by atoms with Crippen LogP contribution in [-0.2, 0) is 27.2 Å². The van der Waals surface area contributed by atoms with Crippen LogP contribution in [-0.4, -0.2) is 47.0 Å². The van der Waals surface area contributed by atoms with Gasteiger partial charge in [0.2, 0.25) is 11.8 Å². The molecule has 37 heavy (non-hydrogen) atoms. The van der Waals surface area contributed by atoms with E-state index in [-0.39, 0.29) is 24.3 Å². The maximum Gasteiger partial charge on any atom is 0.408 e. The fraction of sp³-hybridized carbons (Fsp3) is 0.500. The Bertz CT molecular complexity index is 1010. The first-order chi connectivity index (χ1) is 17.4. The molecule has 2 aromatic carbocycles. The third-order valence-corrected chi connectivity index (χ3v) is 5.71. The molecule has 0 saturated carbocycles. The Hall–Kier alpha value is -3.35. The smallest absolute Gasteiger partial charge is 0.408 e. The van der Waals surface area contributed by atoms with Crippen molar-refractivity contribution >= 4 is 17.9 Å². The molecule has 7 nitrogen and oxygen atoms in total. The highest BCUT2D eigenvalue weighted by Crippen LogP contribution is 2.25. The summed E-state index contributed by atoms with van der Waals surface area (Å²) in [5.41, 5.74) is 2.05. The van der Waals surface area contributed by atoms with E-state index in [0.717, 1.165) is 23.1 Å². The zero-order valence-corrected chi connectivity index (χ0v) is 23.3. The van der Waals surface area contributed by atoms with E-state index in [1.807, 2.05) is 75.4 Å². The number of nitrogens with one attached hydrogen (secondary N) is 2. The molecule has 0 saturated heterocycles. The van der Waals surface area contributed by atoms with Gasteiger partial charge >= 0.3 is 6.09 Å². The van der Waals surface area contributed by atoms with Gasteiger partial charge < -0.3 is 20.3 Å². The second kappa shape index (κ2) is 13.8. The lowest BCUT2D eigenvalue weighted by molar-refractivity contribution is -0.142. The first kappa shape index (κ1) is 29.9. The predicted octanol–water partition coefficient (Wildman–Crippen LogP) is 5.19. The number of ether oxygens (including phenoxy) is 1. The predicted molar refractivity (Wildman–Crippen MR) is 147 cm³/mol. The van der Waals surface area contributed by atoms with Gasteiger partial charge in [-0.2, -0.15) is 0 Å². The first-order valence-electron chi connectivity index (χ1n) is 13.2. The van der Waals surface area contributed by atoms with Crippen LogP contribution in [0.4, 0.5) is 4.79 Å². The highest BCUT2D eigenvalue weighted by molar-refractivity contribution is 5.92. The molecule has 2 aromatic rings.